The van der Waals surface area contributed by atoms with Gasteiger partial charge in [0.15, 0.2) is 0 Å². The molecular formula is C17H34O2. The van der Waals surface area contributed by atoms with E-state index in [9.17, 15) is 9.90 Å². The van der Waals surface area contributed by atoms with Gasteiger partial charge in [0, 0.05) is 0 Å². The molecule has 0 spiro atoms. The highest BCUT2D eigenvalue weighted by molar-refractivity contribution is 5.69. The van der Waals surface area contributed by atoms with Crippen LogP contribution in [0.3, 0.4) is 0 Å². The van der Waals surface area contributed by atoms with Crippen LogP contribution < -0.4 is 0 Å². The van der Waals surface area contributed by atoms with Crippen molar-refractivity contribution in [2.45, 2.75) is 91.4 Å². The molecule has 0 aliphatic rings. The van der Waals surface area contributed by atoms with E-state index < -0.39 is 5.97 Å². The molecule has 0 saturated carbocycles. The predicted octanol–water partition coefficient (Wildman–Crippen LogP) is 5.65. The van der Waals surface area contributed by atoms with E-state index in [-0.39, 0.29) is 5.92 Å². The molecule has 0 aliphatic carbocycles. The topological polar surface area (TPSA) is 37.3 Å². The van der Waals surface area contributed by atoms with E-state index >= 15 is 0 Å². The Kier molecular flexibility index (Phi) is 12.2. The third-order valence-electron chi connectivity index (χ3n) is 3.85. The molecule has 0 rings (SSSR count). The number of hydrogen-bond donors (Lipinski definition) is 1. The first-order valence-electron chi connectivity index (χ1n) is 8.30. The maximum Gasteiger partial charge on any atom is 0.306 e. The quantitative estimate of drug-likeness (QED) is 0.439. The Bertz CT molecular complexity index is 211. The van der Waals surface area contributed by atoms with Crippen LogP contribution in [0.25, 0.3) is 0 Å². The lowest BCUT2D eigenvalue weighted by molar-refractivity contribution is -0.142. The lowest BCUT2D eigenvalue weighted by atomic mass is 9.93. The van der Waals surface area contributed by atoms with Crippen molar-refractivity contribution >= 4 is 5.97 Å². The lowest BCUT2D eigenvalue weighted by Gasteiger charge is -2.13. The molecule has 0 fully saturated rings. The molecule has 2 nitrogen and oxygen atoms in total. The summed E-state index contributed by atoms with van der Waals surface area (Å²) in [5, 5.41) is 9.19. The Labute approximate surface area is 120 Å². The normalized spacial score (nSPS) is 12.8. The van der Waals surface area contributed by atoms with Crippen molar-refractivity contribution in [3.63, 3.8) is 0 Å². The van der Waals surface area contributed by atoms with Gasteiger partial charge in [-0.25, -0.2) is 0 Å². The molecule has 1 unspecified atom stereocenters. The number of carbonyl (C=O) groups is 1. The van der Waals surface area contributed by atoms with E-state index in [0.717, 1.165) is 25.7 Å². The van der Waals surface area contributed by atoms with Crippen LogP contribution in [0.15, 0.2) is 0 Å². The van der Waals surface area contributed by atoms with Crippen molar-refractivity contribution in [3.8, 4) is 0 Å². The molecule has 0 saturated heterocycles. The number of hydrogen-bond acceptors (Lipinski definition) is 1. The number of unbranched alkanes of at least 4 members (excludes halogenated alkanes) is 7. The molecule has 0 radical (unpaired) electrons. The average molecular weight is 270 g/mol. The van der Waals surface area contributed by atoms with Crippen LogP contribution in [0.4, 0.5) is 0 Å². The van der Waals surface area contributed by atoms with Gasteiger partial charge in [-0.1, -0.05) is 78.6 Å². The third kappa shape index (κ3) is 12.3. The zero-order chi connectivity index (χ0) is 14.5. The molecule has 0 aromatic heterocycles. The average Bonchev–Trinajstić information content (AvgIpc) is 2.35. The van der Waals surface area contributed by atoms with Gasteiger partial charge in [0.2, 0.25) is 0 Å². The van der Waals surface area contributed by atoms with Gasteiger partial charge in [0.25, 0.3) is 0 Å². The first-order valence-corrected chi connectivity index (χ1v) is 8.30. The van der Waals surface area contributed by atoms with E-state index in [0.29, 0.717) is 5.92 Å². The van der Waals surface area contributed by atoms with Gasteiger partial charge in [-0.3, -0.25) is 4.79 Å². The predicted molar refractivity (Wildman–Crippen MR) is 82.4 cm³/mol. The zero-order valence-electron chi connectivity index (χ0n) is 13.3. The maximum absolute atomic E-state index is 11.2. The van der Waals surface area contributed by atoms with Gasteiger partial charge in [-0.2, -0.15) is 0 Å². The monoisotopic (exact) mass is 270 g/mol. The second kappa shape index (κ2) is 12.5. The SMILES string of the molecule is CCCCCCCCCCC(CCC(C)C)C(=O)O. The smallest absolute Gasteiger partial charge is 0.306 e. The molecule has 0 aromatic rings. The minimum atomic E-state index is -0.594. The Hall–Kier alpha value is -0.530. The summed E-state index contributed by atoms with van der Waals surface area (Å²) in [6.45, 7) is 6.56. The highest BCUT2D eigenvalue weighted by Crippen LogP contribution is 2.19. The van der Waals surface area contributed by atoms with Gasteiger partial charge in [0.1, 0.15) is 0 Å². The van der Waals surface area contributed by atoms with Crippen molar-refractivity contribution < 1.29 is 9.90 Å². The fourth-order valence-electron chi connectivity index (χ4n) is 2.45. The van der Waals surface area contributed by atoms with Crippen LogP contribution in [0.1, 0.15) is 91.4 Å². The Morgan fingerprint density at radius 1 is 0.842 bits per heavy atom. The van der Waals surface area contributed by atoms with E-state index in [1.165, 1.54) is 44.9 Å². The highest BCUT2D eigenvalue weighted by atomic mass is 16.4. The summed E-state index contributed by atoms with van der Waals surface area (Å²) in [4.78, 5) is 11.2. The van der Waals surface area contributed by atoms with Crippen LogP contribution in [0.2, 0.25) is 0 Å². The highest BCUT2D eigenvalue weighted by Gasteiger charge is 2.16. The van der Waals surface area contributed by atoms with Crippen molar-refractivity contribution in [3.05, 3.63) is 0 Å². The minimum Gasteiger partial charge on any atom is -0.481 e. The molecule has 0 aromatic carbocycles. The van der Waals surface area contributed by atoms with Crippen LogP contribution in [0.5, 0.6) is 0 Å². The second-order valence-electron chi connectivity index (χ2n) is 6.27. The van der Waals surface area contributed by atoms with Crippen molar-refractivity contribution in [2.75, 3.05) is 0 Å². The molecule has 1 N–H and O–H groups in total. The number of aliphatic carboxylic acids is 1. The van der Waals surface area contributed by atoms with Crippen molar-refractivity contribution in [1.82, 2.24) is 0 Å². The molecule has 0 amide bonds. The van der Waals surface area contributed by atoms with Gasteiger partial charge in [-0.15, -0.1) is 0 Å². The van der Waals surface area contributed by atoms with Crippen LogP contribution >= 0.6 is 0 Å². The zero-order valence-corrected chi connectivity index (χ0v) is 13.3. The van der Waals surface area contributed by atoms with Crippen LogP contribution in [0, 0.1) is 11.8 Å². The summed E-state index contributed by atoms with van der Waals surface area (Å²) in [6, 6.07) is 0. The van der Waals surface area contributed by atoms with Crippen molar-refractivity contribution in [2.24, 2.45) is 11.8 Å². The molecule has 0 bridgehead atoms. The second-order valence-corrected chi connectivity index (χ2v) is 6.27. The molecule has 0 heterocycles. The summed E-state index contributed by atoms with van der Waals surface area (Å²) in [7, 11) is 0. The van der Waals surface area contributed by atoms with Crippen LogP contribution in [-0.2, 0) is 4.79 Å². The molecule has 0 aliphatic heterocycles. The van der Waals surface area contributed by atoms with E-state index in [4.69, 9.17) is 0 Å². The number of carboxylic acids is 1. The van der Waals surface area contributed by atoms with E-state index in [1.807, 2.05) is 0 Å². The van der Waals surface area contributed by atoms with E-state index in [2.05, 4.69) is 20.8 Å². The first-order chi connectivity index (χ1) is 9.07. The Morgan fingerprint density at radius 3 is 1.84 bits per heavy atom. The third-order valence-corrected chi connectivity index (χ3v) is 3.85. The van der Waals surface area contributed by atoms with Crippen LogP contribution in [-0.4, -0.2) is 11.1 Å². The lowest BCUT2D eigenvalue weighted by Crippen LogP contribution is -2.14. The summed E-state index contributed by atoms with van der Waals surface area (Å²) in [5.41, 5.74) is 0. The fourth-order valence-corrected chi connectivity index (χ4v) is 2.45. The summed E-state index contributed by atoms with van der Waals surface area (Å²) >= 11 is 0. The Balaban J connectivity index is 3.51. The number of rotatable bonds is 13. The fraction of sp³-hybridized carbons (Fsp3) is 0.941. The van der Waals surface area contributed by atoms with Gasteiger partial charge >= 0.3 is 5.97 Å². The Morgan fingerprint density at radius 2 is 1.37 bits per heavy atom. The summed E-state index contributed by atoms with van der Waals surface area (Å²) < 4.78 is 0. The molecule has 19 heavy (non-hydrogen) atoms. The molecule has 2 heteroatoms. The maximum atomic E-state index is 11.2. The standard InChI is InChI=1S/C17H34O2/c1-4-5-6-7-8-9-10-11-12-16(17(18)19)14-13-15(2)3/h15-16H,4-14H2,1-3H3,(H,18,19). The summed E-state index contributed by atoms with van der Waals surface area (Å²) in [5.74, 6) is -0.0912. The van der Waals surface area contributed by atoms with Gasteiger partial charge in [-0.05, 0) is 18.8 Å². The van der Waals surface area contributed by atoms with Crippen molar-refractivity contribution in [1.29, 1.82) is 0 Å². The number of carboxylic acid groups (broad SMARTS) is 1. The summed E-state index contributed by atoms with van der Waals surface area (Å²) in [6.07, 6.45) is 13.0. The molecular weight excluding hydrogens is 236 g/mol. The molecule has 1 atom stereocenters. The largest absolute Gasteiger partial charge is 0.481 e. The molecule has 114 valence electrons. The van der Waals surface area contributed by atoms with Gasteiger partial charge < -0.3 is 5.11 Å². The first kappa shape index (κ1) is 18.5. The van der Waals surface area contributed by atoms with E-state index in [1.54, 1.807) is 0 Å². The minimum absolute atomic E-state index is 0.109. The van der Waals surface area contributed by atoms with Gasteiger partial charge in [0.05, 0.1) is 5.92 Å².